The van der Waals surface area contributed by atoms with Gasteiger partial charge in [0.2, 0.25) is 5.91 Å². The summed E-state index contributed by atoms with van der Waals surface area (Å²) < 4.78 is 26.7. The molecule has 1 saturated heterocycles. The van der Waals surface area contributed by atoms with E-state index in [9.17, 15) is 13.6 Å². The normalized spacial score (nSPS) is 21.1. The average Bonchev–Trinajstić information content (AvgIpc) is 2.49. The molecular weight excluding hydrogens is 268 g/mol. The van der Waals surface area contributed by atoms with Gasteiger partial charge in [-0.15, -0.1) is 0 Å². The summed E-state index contributed by atoms with van der Waals surface area (Å²) in [6.07, 6.45) is 0.562. The van der Waals surface area contributed by atoms with Gasteiger partial charge in [-0.05, 0) is 18.6 Å². The average molecular weight is 276 g/mol. The third kappa shape index (κ3) is 1.76. The zero-order valence-corrected chi connectivity index (χ0v) is 9.30. The first-order valence-electron chi connectivity index (χ1n) is 4.50. The number of anilines is 1. The Balaban J connectivity index is 2.42. The summed E-state index contributed by atoms with van der Waals surface area (Å²) in [7, 11) is 0. The molecule has 0 aromatic heterocycles. The minimum Gasteiger partial charge on any atom is -0.306 e. The summed E-state index contributed by atoms with van der Waals surface area (Å²) in [5.41, 5.74) is -0.246. The molecule has 0 saturated carbocycles. The molecule has 1 atom stereocenters. The van der Waals surface area contributed by atoms with Crippen LogP contribution in [0.4, 0.5) is 14.5 Å². The quantitative estimate of drug-likeness (QED) is 0.721. The van der Waals surface area contributed by atoms with Crippen molar-refractivity contribution in [2.45, 2.75) is 11.2 Å². The van der Waals surface area contributed by atoms with Crippen LogP contribution < -0.4 is 4.90 Å². The lowest BCUT2D eigenvalue weighted by Gasteiger charge is -2.17. The Labute approximate surface area is 94.0 Å². The van der Waals surface area contributed by atoms with Gasteiger partial charge in [0, 0.05) is 6.54 Å². The summed E-state index contributed by atoms with van der Waals surface area (Å²) >= 11 is 3.15. The number of carbonyl (C=O) groups excluding carboxylic acids is 1. The molecule has 80 valence electrons. The molecule has 0 aliphatic carbocycles. The smallest absolute Gasteiger partial charge is 0.240 e. The van der Waals surface area contributed by atoms with Gasteiger partial charge >= 0.3 is 0 Å². The molecule has 0 bridgehead atoms. The van der Waals surface area contributed by atoms with Crippen LogP contribution in [-0.4, -0.2) is 17.3 Å². The molecule has 1 heterocycles. The molecule has 5 heteroatoms. The van der Waals surface area contributed by atoms with Crippen LogP contribution in [0.3, 0.4) is 0 Å². The molecule has 2 rings (SSSR count). The number of carbonyl (C=O) groups is 1. The van der Waals surface area contributed by atoms with Crippen molar-refractivity contribution in [2.24, 2.45) is 0 Å². The van der Waals surface area contributed by atoms with E-state index in [0.29, 0.717) is 13.0 Å². The van der Waals surface area contributed by atoms with Gasteiger partial charge in [0.1, 0.15) is 17.3 Å². The lowest BCUT2D eigenvalue weighted by Crippen LogP contribution is -2.28. The maximum atomic E-state index is 13.4. The fourth-order valence-electron chi connectivity index (χ4n) is 1.61. The van der Waals surface area contributed by atoms with Crippen LogP contribution in [0.2, 0.25) is 0 Å². The summed E-state index contributed by atoms with van der Waals surface area (Å²) in [5.74, 6) is -1.70. The van der Waals surface area contributed by atoms with E-state index in [1.165, 1.54) is 6.07 Å². The summed E-state index contributed by atoms with van der Waals surface area (Å²) in [4.78, 5) is 12.4. The number of hydrogen-bond acceptors (Lipinski definition) is 1. The molecular formula is C10H8BrF2NO. The molecule has 1 fully saturated rings. The van der Waals surface area contributed by atoms with Crippen LogP contribution in [0.25, 0.3) is 0 Å². The second kappa shape index (κ2) is 3.89. The molecule has 1 aromatic rings. The van der Waals surface area contributed by atoms with E-state index in [1.807, 2.05) is 0 Å². The third-order valence-electron chi connectivity index (χ3n) is 2.35. The second-order valence-corrected chi connectivity index (χ2v) is 4.42. The van der Waals surface area contributed by atoms with Gasteiger partial charge in [0.25, 0.3) is 0 Å². The largest absolute Gasteiger partial charge is 0.306 e. The Bertz CT molecular complexity index is 390. The highest BCUT2D eigenvalue weighted by Gasteiger charge is 2.33. The Hall–Kier alpha value is -0.970. The number of amides is 1. The van der Waals surface area contributed by atoms with E-state index < -0.39 is 11.6 Å². The molecule has 1 aromatic carbocycles. The monoisotopic (exact) mass is 275 g/mol. The standard InChI is InChI=1S/C10H8BrF2NO/c11-6-4-5-14(10(6)15)9-7(12)2-1-3-8(9)13/h1-3,6H,4-5H2/t6-/m1/s1. The number of benzene rings is 1. The Kier molecular flexibility index (Phi) is 2.73. The summed E-state index contributed by atoms with van der Waals surface area (Å²) in [6.45, 7) is 0.340. The SMILES string of the molecule is O=C1[C@H](Br)CCN1c1c(F)cccc1F. The number of rotatable bonds is 1. The zero-order valence-electron chi connectivity index (χ0n) is 7.71. The topological polar surface area (TPSA) is 20.3 Å². The maximum absolute atomic E-state index is 13.4. The van der Waals surface area contributed by atoms with Crippen LogP contribution in [0.1, 0.15) is 6.42 Å². The fourth-order valence-corrected chi connectivity index (χ4v) is 2.07. The number of hydrogen-bond donors (Lipinski definition) is 0. The molecule has 15 heavy (non-hydrogen) atoms. The van der Waals surface area contributed by atoms with Crippen LogP contribution >= 0.6 is 15.9 Å². The predicted octanol–water partition coefficient (Wildman–Crippen LogP) is 2.47. The molecule has 0 unspecified atom stereocenters. The molecule has 2 nitrogen and oxygen atoms in total. The second-order valence-electron chi connectivity index (χ2n) is 3.32. The van der Waals surface area contributed by atoms with Crippen molar-refractivity contribution < 1.29 is 13.6 Å². The number of halogens is 3. The van der Waals surface area contributed by atoms with Gasteiger partial charge in [0.05, 0.1) is 4.83 Å². The molecule has 1 aliphatic heterocycles. The molecule has 1 aliphatic rings. The van der Waals surface area contributed by atoms with Crippen molar-refractivity contribution in [3.05, 3.63) is 29.8 Å². The number of para-hydroxylation sites is 1. The van der Waals surface area contributed by atoms with E-state index in [2.05, 4.69) is 15.9 Å². The highest BCUT2D eigenvalue weighted by Crippen LogP contribution is 2.29. The first-order valence-corrected chi connectivity index (χ1v) is 5.42. The van der Waals surface area contributed by atoms with Crippen molar-refractivity contribution in [1.29, 1.82) is 0 Å². The van der Waals surface area contributed by atoms with E-state index in [4.69, 9.17) is 0 Å². The maximum Gasteiger partial charge on any atom is 0.240 e. The lowest BCUT2D eigenvalue weighted by atomic mass is 10.2. The van der Waals surface area contributed by atoms with Crippen LogP contribution in [-0.2, 0) is 4.79 Å². The van der Waals surface area contributed by atoms with E-state index >= 15 is 0 Å². The summed E-state index contributed by atoms with van der Waals surface area (Å²) in [5, 5.41) is 0. The third-order valence-corrected chi connectivity index (χ3v) is 3.20. The van der Waals surface area contributed by atoms with E-state index in [-0.39, 0.29) is 16.4 Å². The van der Waals surface area contributed by atoms with Gasteiger partial charge in [-0.2, -0.15) is 0 Å². The van der Waals surface area contributed by atoms with Crippen molar-refractivity contribution in [1.82, 2.24) is 0 Å². The van der Waals surface area contributed by atoms with Crippen LogP contribution in [0.5, 0.6) is 0 Å². The van der Waals surface area contributed by atoms with Gasteiger partial charge < -0.3 is 4.90 Å². The minimum atomic E-state index is -0.704. The van der Waals surface area contributed by atoms with Crippen molar-refractivity contribution >= 4 is 27.5 Å². The minimum absolute atomic E-state index is 0.246. The number of alkyl halides is 1. The van der Waals surface area contributed by atoms with Gasteiger partial charge in [-0.3, -0.25) is 4.79 Å². The van der Waals surface area contributed by atoms with Crippen molar-refractivity contribution in [3.63, 3.8) is 0 Å². The van der Waals surface area contributed by atoms with Gasteiger partial charge in [-0.1, -0.05) is 22.0 Å². The number of nitrogens with zero attached hydrogens (tertiary/aromatic N) is 1. The van der Waals surface area contributed by atoms with Crippen molar-refractivity contribution in [3.8, 4) is 0 Å². The van der Waals surface area contributed by atoms with Gasteiger partial charge in [-0.25, -0.2) is 8.78 Å². The molecule has 0 N–H and O–H groups in total. The fraction of sp³-hybridized carbons (Fsp3) is 0.300. The molecule has 0 spiro atoms. The first-order chi connectivity index (χ1) is 7.11. The Morgan fingerprint density at radius 1 is 1.33 bits per heavy atom. The summed E-state index contributed by atoms with van der Waals surface area (Å²) in [6, 6.07) is 3.57. The Morgan fingerprint density at radius 3 is 2.40 bits per heavy atom. The van der Waals surface area contributed by atoms with E-state index in [0.717, 1.165) is 17.0 Å². The molecule has 0 radical (unpaired) electrons. The van der Waals surface area contributed by atoms with E-state index in [1.54, 1.807) is 0 Å². The zero-order chi connectivity index (χ0) is 11.0. The van der Waals surface area contributed by atoms with Crippen LogP contribution in [0, 0.1) is 11.6 Å². The lowest BCUT2D eigenvalue weighted by molar-refractivity contribution is -0.116. The van der Waals surface area contributed by atoms with Gasteiger partial charge in [0.15, 0.2) is 0 Å². The first kappa shape index (κ1) is 10.5. The highest BCUT2D eigenvalue weighted by atomic mass is 79.9. The van der Waals surface area contributed by atoms with Crippen molar-refractivity contribution in [2.75, 3.05) is 11.4 Å². The highest BCUT2D eigenvalue weighted by molar-refractivity contribution is 9.10. The molecule has 1 amide bonds. The van der Waals surface area contributed by atoms with Crippen LogP contribution in [0.15, 0.2) is 18.2 Å². The Morgan fingerprint density at radius 2 is 1.93 bits per heavy atom. The predicted molar refractivity (Wildman–Crippen MR) is 56.0 cm³/mol.